The fraction of sp³-hybridized carbons (Fsp3) is 0.429. The Labute approximate surface area is 150 Å². The van der Waals surface area contributed by atoms with E-state index in [1.165, 1.54) is 24.8 Å². The highest BCUT2D eigenvalue weighted by Gasteiger charge is 2.24. The van der Waals surface area contributed by atoms with Gasteiger partial charge in [-0.3, -0.25) is 4.90 Å². The minimum atomic E-state index is 0.253. The number of benzene rings is 2. The van der Waals surface area contributed by atoms with E-state index < -0.39 is 0 Å². The highest BCUT2D eigenvalue weighted by Crippen LogP contribution is 2.35. The smallest absolute Gasteiger partial charge is 0.162 e. The highest BCUT2D eigenvalue weighted by atomic mass is 16.5. The summed E-state index contributed by atoms with van der Waals surface area (Å²) in [6.07, 6.45) is 4.82. The number of phenolic OH excluding ortho intramolecular Hbond substituents is 1. The number of hydrogen-bond acceptors (Lipinski definition) is 4. The molecule has 2 aromatic rings. The van der Waals surface area contributed by atoms with Gasteiger partial charge in [0.05, 0.1) is 14.2 Å². The summed E-state index contributed by atoms with van der Waals surface area (Å²) in [5.41, 5.74) is 2.23. The van der Waals surface area contributed by atoms with E-state index in [1.807, 2.05) is 24.3 Å². The van der Waals surface area contributed by atoms with Crippen molar-refractivity contribution in [1.29, 1.82) is 0 Å². The predicted octanol–water partition coefficient (Wildman–Crippen LogP) is 4.53. The lowest BCUT2D eigenvalue weighted by Crippen LogP contribution is -2.28. The summed E-state index contributed by atoms with van der Waals surface area (Å²) in [6, 6.07) is 14.5. The van der Waals surface area contributed by atoms with Gasteiger partial charge in [-0.1, -0.05) is 37.1 Å². The van der Waals surface area contributed by atoms with Gasteiger partial charge in [-0.25, -0.2) is 0 Å². The lowest BCUT2D eigenvalue weighted by atomic mass is 10.00. The Morgan fingerprint density at radius 2 is 1.80 bits per heavy atom. The molecule has 0 unspecified atom stereocenters. The molecule has 0 aliphatic carbocycles. The van der Waals surface area contributed by atoms with Crippen LogP contribution in [0.5, 0.6) is 17.2 Å². The molecule has 1 saturated heterocycles. The predicted molar refractivity (Wildman–Crippen MR) is 99.3 cm³/mol. The average Bonchev–Trinajstić information content (AvgIpc) is 2.89. The summed E-state index contributed by atoms with van der Waals surface area (Å²) in [7, 11) is 3.28. The summed E-state index contributed by atoms with van der Waals surface area (Å²) in [5.74, 6) is 1.67. The van der Waals surface area contributed by atoms with Crippen LogP contribution in [0.1, 0.15) is 42.9 Å². The first-order valence-corrected chi connectivity index (χ1v) is 8.95. The molecule has 4 heteroatoms. The molecule has 1 fully saturated rings. The van der Waals surface area contributed by atoms with Crippen molar-refractivity contribution in [3.05, 3.63) is 53.6 Å². The molecule has 3 rings (SSSR count). The number of rotatable bonds is 5. The molecule has 0 saturated carbocycles. The van der Waals surface area contributed by atoms with Gasteiger partial charge in [0.2, 0.25) is 0 Å². The molecule has 0 spiro atoms. The van der Waals surface area contributed by atoms with Gasteiger partial charge in [0.15, 0.2) is 11.5 Å². The topological polar surface area (TPSA) is 41.9 Å². The maximum atomic E-state index is 10.4. The number of aromatic hydroxyl groups is 1. The Balaban J connectivity index is 1.85. The second-order valence-electron chi connectivity index (χ2n) is 6.58. The summed E-state index contributed by atoms with van der Waals surface area (Å²) >= 11 is 0. The Hall–Kier alpha value is -2.20. The van der Waals surface area contributed by atoms with Gasteiger partial charge in [-0.15, -0.1) is 0 Å². The monoisotopic (exact) mass is 341 g/mol. The van der Waals surface area contributed by atoms with Crippen LogP contribution in [0, 0.1) is 0 Å². The summed E-state index contributed by atoms with van der Waals surface area (Å²) in [6.45, 7) is 1.76. The van der Waals surface area contributed by atoms with E-state index in [0.29, 0.717) is 11.8 Å². The molecule has 1 heterocycles. The Morgan fingerprint density at radius 1 is 1.00 bits per heavy atom. The van der Waals surface area contributed by atoms with Crippen molar-refractivity contribution >= 4 is 0 Å². The van der Waals surface area contributed by atoms with E-state index in [1.54, 1.807) is 20.3 Å². The molecule has 0 amide bonds. The number of hydrogen-bond donors (Lipinski definition) is 1. The SMILES string of the molecule is COc1ccc([C@@H]2CCCCCN2Cc2cccc(OC)c2O)cc1. The molecule has 0 aromatic heterocycles. The molecule has 0 radical (unpaired) electrons. The third kappa shape index (κ3) is 4.07. The molecule has 0 bridgehead atoms. The van der Waals surface area contributed by atoms with Crippen LogP contribution in [-0.2, 0) is 6.54 Å². The molecular weight excluding hydrogens is 314 g/mol. The normalized spacial score (nSPS) is 18.6. The van der Waals surface area contributed by atoms with Gasteiger partial charge in [0.25, 0.3) is 0 Å². The van der Waals surface area contributed by atoms with Crippen LogP contribution in [0.25, 0.3) is 0 Å². The first kappa shape index (κ1) is 17.6. The van der Waals surface area contributed by atoms with Gasteiger partial charge in [0.1, 0.15) is 5.75 Å². The average molecular weight is 341 g/mol. The van der Waals surface area contributed by atoms with Crippen molar-refractivity contribution in [2.24, 2.45) is 0 Å². The maximum Gasteiger partial charge on any atom is 0.162 e. The van der Waals surface area contributed by atoms with Crippen molar-refractivity contribution in [3.63, 3.8) is 0 Å². The third-order valence-corrected chi connectivity index (χ3v) is 5.04. The Bertz CT molecular complexity index is 684. The number of likely N-dealkylation sites (tertiary alicyclic amines) is 1. The molecule has 1 aliphatic rings. The number of phenols is 1. The van der Waals surface area contributed by atoms with E-state index in [-0.39, 0.29) is 5.75 Å². The second-order valence-corrected chi connectivity index (χ2v) is 6.58. The van der Waals surface area contributed by atoms with Crippen molar-refractivity contribution in [1.82, 2.24) is 4.90 Å². The molecule has 4 nitrogen and oxygen atoms in total. The van der Waals surface area contributed by atoms with Gasteiger partial charge in [-0.2, -0.15) is 0 Å². The zero-order valence-electron chi connectivity index (χ0n) is 15.1. The lowest BCUT2D eigenvalue weighted by molar-refractivity contribution is 0.190. The quantitative estimate of drug-likeness (QED) is 0.868. The van der Waals surface area contributed by atoms with Crippen molar-refractivity contribution in [3.8, 4) is 17.2 Å². The molecule has 134 valence electrons. The first-order valence-electron chi connectivity index (χ1n) is 8.95. The van der Waals surface area contributed by atoms with E-state index in [2.05, 4.69) is 17.0 Å². The Morgan fingerprint density at radius 3 is 2.52 bits per heavy atom. The van der Waals surface area contributed by atoms with Gasteiger partial charge >= 0.3 is 0 Å². The standard InChI is InChI=1S/C21H27NO3/c1-24-18-12-10-16(11-13-18)19-8-4-3-5-14-22(19)15-17-7-6-9-20(25-2)21(17)23/h6-7,9-13,19,23H,3-5,8,14-15H2,1-2H3/t19-/m0/s1. The maximum absolute atomic E-state index is 10.4. The van der Waals surface area contributed by atoms with Crippen molar-refractivity contribution in [2.45, 2.75) is 38.3 Å². The molecule has 1 aliphatic heterocycles. The van der Waals surface area contributed by atoms with Crippen LogP contribution in [-0.4, -0.2) is 30.8 Å². The minimum Gasteiger partial charge on any atom is -0.504 e. The molecule has 1 N–H and O–H groups in total. The van der Waals surface area contributed by atoms with E-state index in [0.717, 1.165) is 30.8 Å². The van der Waals surface area contributed by atoms with Crippen molar-refractivity contribution in [2.75, 3.05) is 20.8 Å². The second kappa shape index (κ2) is 8.26. The molecule has 25 heavy (non-hydrogen) atoms. The molecule has 2 aromatic carbocycles. The van der Waals surface area contributed by atoms with Crippen LogP contribution >= 0.6 is 0 Å². The summed E-state index contributed by atoms with van der Waals surface area (Å²) < 4.78 is 10.5. The minimum absolute atomic E-state index is 0.253. The van der Waals surface area contributed by atoms with E-state index in [9.17, 15) is 5.11 Å². The van der Waals surface area contributed by atoms with Crippen LogP contribution in [0.3, 0.4) is 0 Å². The zero-order chi connectivity index (χ0) is 17.6. The number of para-hydroxylation sites is 1. The van der Waals surface area contributed by atoms with E-state index in [4.69, 9.17) is 9.47 Å². The summed E-state index contributed by atoms with van der Waals surface area (Å²) in [5, 5.41) is 10.4. The largest absolute Gasteiger partial charge is 0.504 e. The van der Waals surface area contributed by atoms with Crippen LogP contribution in [0.2, 0.25) is 0 Å². The van der Waals surface area contributed by atoms with Crippen LogP contribution in [0.15, 0.2) is 42.5 Å². The zero-order valence-corrected chi connectivity index (χ0v) is 15.1. The number of methoxy groups -OCH3 is 2. The van der Waals surface area contributed by atoms with Gasteiger partial charge in [0, 0.05) is 18.2 Å². The van der Waals surface area contributed by atoms with Crippen LogP contribution < -0.4 is 9.47 Å². The summed E-state index contributed by atoms with van der Waals surface area (Å²) in [4.78, 5) is 2.48. The fourth-order valence-electron chi connectivity index (χ4n) is 3.64. The molecule has 1 atom stereocenters. The lowest BCUT2D eigenvalue weighted by Gasteiger charge is -2.31. The van der Waals surface area contributed by atoms with Gasteiger partial charge in [-0.05, 0) is 43.1 Å². The molecular formula is C21H27NO3. The Kier molecular flexibility index (Phi) is 5.82. The van der Waals surface area contributed by atoms with Crippen molar-refractivity contribution < 1.29 is 14.6 Å². The van der Waals surface area contributed by atoms with E-state index >= 15 is 0 Å². The van der Waals surface area contributed by atoms with Crippen LogP contribution in [0.4, 0.5) is 0 Å². The third-order valence-electron chi connectivity index (χ3n) is 5.04. The van der Waals surface area contributed by atoms with Gasteiger partial charge < -0.3 is 14.6 Å². The fourth-order valence-corrected chi connectivity index (χ4v) is 3.64. The number of ether oxygens (including phenoxy) is 2. The number of nitrogens with zero attached hydrogens (tertiary/aromatic N) is 1. The highest BCUT2D eigenvalue weighted by molar-refractivity contribution is 5.45. The first-order chi connectivity index (χ1) is 12.2.